The monoisotopic (exact) mass is 476 g/mol. The van der Waals surface area contributed by atoms with E-state index in [2.05, 4.69) is 66.6 Å². The van der Waals surface area contributed by atoms with Crippen molar-refractivity contribution in [1.82, 2.24) is 10.6 Å². The lowest BCUT2D eigenvalue weighted by Crippen LogP contribution is -2.40. The van der Waals surface area contributed by atoms with Crippen LogP contribution < -0.4 is 15.5 Å². The van der Waals surface area contributed by atoms with Gasteiger partial charge in [0.2, 0.25) is 0 Å². The average Bonchev–Trinajstić information content (AvgIpc) is 2.97. The highest BCUT2D eigenvalue weighted by atomic mass is 127. The first-order chi connectivity index (χ1) is 10.2. The second kappa shape index (κ2) is 9.95. The highest BCUT2D eigenvalue weighted by Gasteiger charge is 2.22. The molecule has 0 saturated carbocycles. The maximum atomic E-state index is 5.24. The van der Waals surface area contributed by atoms with Gasteiger partial charge in [0.25, 0.3) is 0 Å². The molecule has 1 unspecified atom stereocenters. The molecule has 0 aromatic heterocycles. The van der Waals surface area contributed by atoms with E-state index in [1.807, 2.05) is 0 Å². The molecular formula is C16H22BrIN4. The summed E-state index contributed by atoms with van der Waals surface area (Å²) in [6.45, 7) is 3.58. The van der Waals surface area contributed by atoms with Crippen LogP contribution in [0.3, 0.4) is 0 Å². The third-order valence-electron chi connectivity index (χ3n) is 3.62. The number of aliphatic imine (C=N–C) groups is 1. The predicted molar refractivity (Wildman–Crippen MR) is 108 cm³/mol. The van der Waals surface area contributed by atoms with E-state index in [4.69, 9.17) is 6.42 Å². The van der Waals surface area contributed by atoms with Crippen LogP contribution in [0.15, 0.2) is 33.7 Å². The van der Waals surface area contributed by atoms with Gasteiger partial charge in [-0.25, -0.2) is 0 Å². The Morgan fingerprint density at radius 2 is 2.14 bits per heavy atom. The number of halogens is 2. The Balaban J connectivity index is 0.00000242. The van der Waals surface area contributed by atoms with Crippen molar-refractivity contribution in [2.75, 3.05) is 38.1 Å². The van der Waals surface area contributed by atoms with Crippen molar-refractivity contribution in [3.8, 4) is 12.3 Å². The normalized spacial score (nSPS) is 17.6. The van der Waals surface area contributed by atoms with Gasteiger partial charge in [0, 0.05) is 36.8 Å². The molecule has 22 heavy (non-hydrogen) atoms. The van der Waals surface area contributed by atoms with Gasteiger partial charge in [0.05, 0.1) is 6.54 Å². The van der Waals surface area contributed by atoms with Crippen molar-refractivity contribution in [3.05, 3.63) is 28.7 Å². The smallest absolute Gasteiger partial charge is 0.191 e. The quantitative estimate of drug-likeness (QED) is 0.304. The van der Waals surface area contributed by atoms with Crippen molar-refractivity contribution in [1.29, 1.82) is 0 Å². The Bertz CT molecular complexity index is 524. The summed E-state index contributed by atoms with van der Waals surface area (Å²) in [4.78, 5) is 6.58. The molecule has 1 aromatic rings. The molecule has 1 saturated heterocycles. The fraction of sp³-hybridized carbons (Fsp3) is 0.438. The van der Waals surface area contributed by atoms with Crippen LogP contribution in [0, 0.1) is 18.3 Å². The molecule has 1 heterocycles. The van der Waals surface area contributed by atoms with Gasteiger partial charge in [-0.05, 0) is 36.6 Å². The number of terminal acetylenes is 1. The van der Waals surface area contributed by atoms with Crippen LogP contribution in [-0.4, -0.2) is 39.2 Å². The SMILES string of the molecule is C#CCNC(=NC)NCC1CCN(c2ccc(Br)cc2)C1.I. The molecule has 1 fully saturated rings. The fourth-order valence-electron chi connectivity index (χ4n) is 2.48. The molecule has 6 heteroatoms. The standard InChI is InChI=1S/C16H21BrN4.HI/c1-3-9-19-16(18-2)20-11-13-8-10-21(12-13)15-6-4-14(17)5-7-15;/h1,4-7,13H,8-12H2,2H3,(H2,18,19,20);1H. The van der Waals surface area contributed by atoms with Gasteiger partial charge in [-0.1, -0.05) is 21.9 Å². The lowest BCUT2D eigenvalue weighted by molar-refractivity contribution is 0.567. The van der Waals surface area contributed by atoms with Crippen molar-refractivity contribution in [2.45, 2.75) is 6.42 Å². The second-order valence-corrected chi connectivity index (χ2v) is 6.00. The summed E-state index contributed by atoms with van der Waals surface area (Å²) in [5.74, 6) is 3.95. The van der Waals surface area contributed by atoms with E-state index in [9.17, 15) is 0 Å². The Morgan fingerprint density at radius 3 is 2.77 bits per heavy atom. The van der Waals surface area contributed by atoms with Crippen LogP contribution in [0.2, 0.25) is 0 Å². The number of hydrogen-bond acceptors (Lipinski definition) is 2. The summed E-state index contributed by atoms with van der Waals surface area (Å²) in [6, 6.07) is 8.50. The number of hydrogen-bond donors (Lipinski definition) is 2. The first kappa shape index (κ1) is 19.1. The molecule has 1 aliphatic heterocycles. The molecule has 2 N–H and O–H groups in total. The van der Waals surface area contributed by atoms with Gasteiger partial charge in [0.15, 0.2) is 5.96 Å². The molecular weight excluding hydrogens is 455 g/mol. The molecule has 0 bridgehead atoms. The Labute approximate surface area is 158 Å². The number of rotatable bonds is 4. The van der Waals surface area contributed by atoms with Gasteiger partial charge in [-0.3, -0.25) is 4.99 Å². The van der Waals surface area contributed by atoms with Gasteiger partial charge >= 0.3 is 0 Å². The molecule has 1 aromatic carbocycles. The summed E-state index contributed by atoms with van der Waals surface area (Å²) in [5, 5.41) is 6.41. The second-order valence-electron chi connectivity index (χ2n) is 5.09. The molecule has 0 aliphatic carbocycles. The molecule has 2 rings (SSSR count). The van der Waals surface area contributed by atoms with E-state index in [-0.39, 0.29) is 24.0 Å². The molecule has 4 nitrogen and oxygen atoms in total. The molecule has 0 spiro atoms. The lowest BCUT2D eigenvalue weighted by atomic mass is 10.1. The zero-order chi connectivity index (χ0) is 15.1. The number of nitrogens with one attached hydrogen (secondary N) is 2. The highest BCUT2D eigenvalue weighted by molar-refractivity contribution is 14.0. The van der Waals surface area contributed by atoms with Crippen molar-refractivity contribution < 1.29 is 0 Å². The minimum absolute atomic E-state index is 0. The molecule has 0 amide bonds. The number of anilines is 1. The van der Waals surface area contributed by atoms with Crippen LogP contribution in [0.25, 0.3) is 0 Å². The number of nitrogens with zero attached hydrogens (tertiary/aromatic N) is 2. The molecule has 1 atom stereocenters. The average molecular weight is 477 g/mol. The third-order valence-corrected chi connectivity index (χ3v) is 4.15. The summed E-state index contributed by atoms with van der Waals surface area (Å²) in [7, 11) is 1.76. The van der Waals surface area contributed by atoms with Gasteiger partial charge in [-0.15, -0.1) is 30.4 Å². The van der Waals surface area contributed by atoms with Gasteiger partial charge in [-0.2, -0.15) is 0 Å². The van der Waals surface area contributed by atoms with Crippen LogP contribution >= 0.6 is 39.9 Å². The fourth-order valence-corrected chi connectivity index (χ4v) is 2.75. The largest absolute Gasteiger partial charge is 0.371 e. The molecule has 1 aliphatic rings. The Kier molecular flexibility index (Phi) is 8.64. The summed E-state index contributed by atoms with van der Waals surface area (Å²) in [6.07, 6.45) is 6.43. The van der Waals surface area contributed by atoms with Gasteiger partial charge in [0.1, 0.15) is 0 Å². The Hall–Kier alpha value is -0.940. The molecule has 0 radical (unpaired) electrons. The first-order valence-electron chi connectivity index (χ1n) is 7.11. The van der Waals surface area contributed by atoms with E-state index in [0.29, 0.717) is 12.5 Å². The third kappa shape index (κ3) is 5.69. The van der Waals surface area contributed by atoms with E-state index < -0.39 is 0 Å². The zero-order valence-corrected chi connectivity index (χ0v) is 16.6. The summed E-state index contributed by atoms with van der Waals surface area (Å²) >= 11 is 3.47. The summed E-state index contributed by atoms with van der Waals surface area (Å²) in [5.41, 5.74) is 1.29. The molecule has 120 valence electrons. The topological polar surface area (TPSA) is 39.7 Å². The van der Waals surface area contributed by atoms with Crippen molar-refractivity contribution in [3.63, 3.8) is 0 Å². The van der Waals surface area contributed by atoms with Crippen LogP contribution in [0.4, 0.5) is 5.69 Å². The van der Waals surface area contributed by atoms with E-state index in [1.54, 1.807) is 7.05 Å². The van der Waals surface area contributed by atoms with E-state index >= 15 is 0 Å². The zero-order valence-electron chi connectivity index (χ0n) is 12.7. The minimum atomic E-state index is 0. The van der Waals surface area contributed by atoms with Crippen LogP contribution in [-0.2, 0) is 0 Å². The Morgan fingerprint density at radius 1 is 1.41 bits per heavy atom. The number of benzene rings is 1. The first-order valence-corrected chi connectivity index (χ1v) is 7.90. The maximum Gasteiger partial charge on any atom is 0.191 e. The van der Waals surface area contributed by atoms with E-state index in [1.165, 1.54) is 12.1 Å². The van der Waals surface area contributed by atoms with Crippen LogP contribution in [0.1, 0.15) is 6.42 Å². The number of guanidine groups is 1. The van der Waals surface area contributed by atoms with Gasteiger partial charge < -0.3 is 15.5 Å². The van der Waals surface area contributed by atoms with Crippen molar-refractivity contribution in [2.24, 2.45) is 10.9 Å². The van der Waals surface area contributed by atoms with Crippen LogP contribution in [0.5, 0.6) is 0 Å². The predicted octanol–water partition coefficient (Wildman–Crippen LogP) is 2.69. The highest BCUT2D eigenvalue weighted by Crippen LogP contribution is 2.24. The van der Waals surface area contributed by atoms with Crippen molar-refractivity contribution >= 4 is 51.6 Å². The lowest BCUT2D eigenvalue weighted by Gasteiger charge is -2.19. The maximum absolute atomic E-state index is 5.24. The summed E-state index contributed by atoms with van der Waals surface area (Å²) < 4.78 is 1.12. The van der Waals surface area contributed by atoms with E-state index in [0.717, 1.165) is 30.1 Å². The minimum Gasteiger partial charge on any atom is -0.371 e.